The number of hydrogen-bond donors (Lipinski definition) is 1. The molecule has 0 fully saturated rings. The summed E-state index contributed by atoms with van der Waals surface area (Å²) in [6, 6.07) is 9.97. The molecule has 3 aromatic rings. The van der Waals surface area contributed by atoms with Crippen molar-refractivity contribution in [2.24, 2.45) is 10.7 Å². The van der Waals surface area contributed by atoms with Crippen LogP contribution in [0.25, 0.3) is 11.5 Å². The number of carbonyl (C=O) groups excluding carboxylic acids is 1. The number of ether oxygens (including phenoxy) is 1. The number of carbonyl (C=O) groups is 1. The molecule has 9 nitrogen and oxygen atoms in total. The largest absolute Gasteiger partial charge is 0.418 e. The van der Waals surface area contributed by atoms with E-state index < -0.39 is 43.7 Å². The summed E-state index contributed by atoms with van der Waals surface area (Å²) in [6.45, 7) is 0. The summed E-state index contributed by atoms with van der Waals surface area (Å²) < 4.78 is 73.1. The zero-order chi connectivity index (χ0) is 27.1. The van der Waals surface area contributed by atoms with Gasteiger partial charge in [0.2, 0.25) is 5.82 Å². The van der Waals surface area contributed by atoms with E-state index in [2.05, 4.69) is 19.9 Å². The fourth-order valence-corrected chi connectivity index (χ4v) is 3.45. The minimum absolute atomic E-state index is 0.0177. The molecular weight excluding hydrogens is 525 g/mol. The monoisotopic (exact) mass is 544 g/mol. The van der Waals surface area contributed by atoms with E-state index in [4.69, 9.17) is 21.9 Å². The Balaban J connectivity index is 0.00000145. The summed E-state index contributed by atoms with van der Waals surface area (Å²) in [6.07, 6.45) is -3.53. The van der Waals surface area contributed by atoms with Gasteiger partial charge in [-0.05, 0) is 30.3 Å². The Bertz CT molecular complexity index is 1400. The number of hydrogen-bond acceptors (Lipinski definition) is 9. The van der Waals surface area contributed by atoms with E-state index >= 15 is 0 Å². The number of allylic oxidation sites excluding steroid dienone is 2. The van der Waals surface area contributed by atoms with Crippen LogP contribution in [0.4, 0.5) is 18.9 Å². The maximum absolute atomic E-state index is 13.4. The average molecular weight is 545 g/mol. The van der Waals surface area contributed by atoms with Gasteiger partial charge in [0.05, 0.1) is 26.9 Å². The van der Waals surface area contributed by atoms with Gasteiger partial charge in [-0.2, -0.15) is 18.2 Å². The first-order valence-electron chi connectivity index (χ1n) is 9.73. The zero-order valence-corrected chi connectivity index (χ0v) is 20.6. The Hall–Kier alpha value is -3.55. The first-order chi connectivity index (χ1) is 16.8. The fraction of sp³-hybridized carbons (Fsp3) is 0.182. The fourth-order valence-electron chi connectivity index (χ4n) is 2.61. The van der Waals surface area contributed by atoms with Gasteiger partial charge in [-0.1, -0.05) is 35.0 Å². The van der Waals surface area contributed by atoms with Gasteiger partial charge in [0.1, 0.15) is 5.71 Å². The number of sulfone groups is 1. The Labute approximate surface area is 209 Å². The summed E-state index contributed by atoms with van der Waals surface area (Å²) in [7, 11) is -0.284. The smallest absolute Gasteiger partial charge is 0.395 e. The number of rotatable bonds is 6. The quantitative estimate of drug-likeness (QED) is 0.277. The van der Waals surface area contributed by atoms with Crippen molar-refractivity contribution in [2.45, 2.75) is 11.1 Å². The molecule has 0 atom stereocenters. The van der Waals surface area contributed by atoms with Gasteiger partial charge in [0, 0.05) is 26.0 Å². The molecular formula is C22H20ClF3N4O5S. The van der Waals surface area contributed by atoms with Crippen LogP contribution in [-0.4, -0.2) is 51.0 Å². The lowest BCUT2D eigenvalue weighted by molar-refractivity contribution is -0.137. The van der Waals surface area contributed by atoms with E-state index in [1.54, 1.807) is 14.2 Å². The van der Waals surface area contributed by atoms with Crippen molar-refractivity contribution in [2.75, 3.05) is 20.5 Å². The number of halogens is 4. The van der Waals surface area contributed by atoms with Gasteiger partial charge in [-0.25, -0.2) is 13.4 Å². The first-order valence-corrected chi connectivity index (χ1v) is 12.0. The van der Waals surface area contributed by atoms with Gasteiger partial charge in [0.15, 0.2) is 16.1 Å². The van der Waals surface area contributed by atoms with E-state index in [-0.39, 0.29) is 28.5 Å². The topological polar surface area (TPSA) is 138 Å². The number of aldehydes is 1. The second-order valence-electron chi connectivity index (χ2n) is 6.99. The molecule has 0 aliphatic rings. The highest BCUT2D eigenvalue weighted by Crippen LogP contribution is 2.37. The highest BCUT2D eigenvalue weighted by Gasteiger charge is 2.33. The van der Waals surface area contributed by atoms with E-state index in [0.717, 1.165) is 18.4 Å². The molecule has 0 aliphatic carbocycles. The third-order valence-corrected chi connectivity index (χ3v) is 5.68. The number of aliphatic imine (C=N–C) groups is 1. The molecule has 1 heterocycles. The summed E-state index contributed by atoms with van der Waals surface area (Å²) in [5, 5.41) is 3.17. The zero-order valence-electron chi connectivity index (χ0n) is 19.1. The van der Waals surface area contributed by atoms with Crippen LogP contribution >= 0.6 is 11.6 Å². The minimum atomic E-state index is -4.73. The summed E-state index contributed by atoms with van der Waals surface area (Å²) in [5.74, 6) is -0.539. The molecule has 2 aromatic carbocycles. The molecule has 0 saturated heterocycles. The van der Waals surface area contributed by atoms with Gasteiger partial charge < -0.3 is 15.0 Å². The van der Waals surface area contributed by atoms with Crippen molar-refractivity contribution in [1.29, 1.82) is 0 Å². The van der Waals surface area contributed by atoms with Gasteiger partial charge in [0.25, 0.3) is 5.89 Å². The lowest BCUT2D eigenvalue weighted by atomic mass is 10.1. The average Bonchev–Trinajstić information content (AvgIpc) is 3.31. The van der Waals surface area contributed by atoms with Crippen LogP contribution in [0.5, 0.6) is 0 Å². The van der Waals surface area contributed by atoms with Crippen LogP contribution in [0.2, 0.25) is 0 Å². The number of para-hydroxylation sites is 1. The lowest BCUT2D eigenvalue weighted by Crippen LogP contribution is -2.12. The van der Waals surface area contributed by atoms with E-state index in [1.165, 1.54) is 36.4 Å². The van der Waals surface area contributed by atoms with Crippen LogP contribution in [0.15, 0.2) is 73.7 Å². The highest BCUT2D eigenvalue weighted by atomic mass is 35.5. The number of nitrogens with two attached hydrogens (primary N) is 1. The molecule has 0 saturated carbocycles. The van der Waals surface area contributed by atoms with Crippen molar-refractivity contribution < 1.29 is 35.6 Å². The third-order valence-electron chi connectivity index (χ3n) is 4.18. The molecule has 0 radical (unpaired) electrons. The molecule has 14 heteroatoms. The molecule has 0 spiro atoms. The Morgan fingerprint density at radius 1 is 1.17 bits per heavy atom. The summed E-state index contributed by atoms with van der Waals surface area (Å²) in [5.41, 5.74) is 3.19. The molecule has 2 N–H and O–H groups in total. The summed E-state index contributed by atoms with van der Waals surface area (Å²) >= 11 is 6.10. The van der Waals surface area contributed by atoms with E-state index in [9.17, 15) is 26.4 Å². The predicted octanol–water partition coefficient (Wildman–Crippen LogP) is 4.15. The predicted molar refractivity (Wildman–Crippen MR) is 127 cm³/mol. The molecule has 1 aromatic heterocycles. The molecule has 0 amide bonds. The SMILES string of the molecule is COC.CS(=O)(=O)c1cccc(-c2nc(C(=Nc3ccccc3C(F)(F)F)/C(Cl)=C(\N)C=O)no2)c1. The maximum Gasteiger partial charge on any atom is 0.418 e. The first kappa shape index (κ1) is 28.7. The van der Waals surface area contributed by atoms with Gasteiger partial charge in [-0.15, -0.1) is 0 Å². The van der Waals surface area contributed by atoms with Crippen molar-refractivity contribution in [3.8, 4) is 11.5 Å². The summed E-state index contributed by atoms with van der Waals surface area (Å²) in [4.78, 5) is 19.0. The number of nitrogens with zero attached hydrogens (tertiary/aromatic N) is 3. The van der Waals surface area contributed by atoms with Crippen LogP contribution in [0.1, 0.15) is 11.4 Å². The van der Waals surface area contributed by atoms with E-state index in [0.29, 0.717) is 0 Å². The van der Waals surface area contributed by atoms with Crippen LogP contribution in [0, 0.1) is 0 Å². The lowest BCUT2D eigenvalue weighted by Gasteiger charge is -2.10. The van der Waals surface area contributed by atoms with Crippen molar-refractivity contribution >= 4 is 39.1 Å². The molecule has 0 unspecified atom stereocenters. The minimum Gasteiger partial charge on any atom is -0.395 e. The van der Waals surface area contributed by atoms with Gasteiger partial charge in [-0.3, -0.25) is 4.79 Å². The molecule has 36 heavy (non-hydrogen) atoms. The van der Waals surface area contributed by atoms with E-state index in [1.807, 2.05) is 0 Å². The number of alkyl halides is 3. The van der Waals surface area contributed by atoms with Crippen LogP contribution in [-0.2, 0) is 25.5 Å². The van der Waals surface area contributed by atoms with Crippen LogP contribution < -0.4 is 5.73 Å². The van der Waals surface area contributed by atoms with Crippen molar-refractivity contribution in [3.63, 3.8) is 0 Å². The number of benzene rings is 2. The maximum atomic E-state index is 13.4. The normalized spacial score (nSPS) is 12.9. The molecule has 0 bridgehead atoms. The van der Waals surface area contributed by atoms with Crippen molar-refractivity contribution in [1.82, 2.24) is 10.1 Å². The highest BCUT2D eigenvalue weighted by molar-refractivity contribution is 7.90. The Morgan fingerprint density at radius 3 is 2.39 bits per heavy atom. The number of aromatic nitrogens is 2. The standard InChI is InChI=1S/C20H14ClF3N4O4S.C2H6O/c1-33(30,31)12-6-4-5-11(9-12)19-27-18(28-32-19)17(16(21)14(25)10-29)26-15-8-3-2-7-13(15)20(22,23)24;1-3-2/h2-10H,25H2,1H3;1-2H3/b16-14+,26-17?;. The second kappa shape index (κ2) is 11.9. The Morgan fingerprint density at radius 2 is 1.81 bits per heavy atom. The Kier molecular flexibility index (Phi) is 9.50. The molecule has 0 aliphatic heterocycles. The van der Waals surface area contributed by atoms with Crippen molar-refractivity contribution in [3.05, 3.63) is 70.6 Å². The second-order valence-corrected chi connectivity index (χ2v) is 9.39. The van der Waals surface area contributed by atoms with Gasteiger partial charge >= 0.3 is 6.18 Å². The third kappa shape index (κ3) is 7.23. The number of methoxy groups -OCH3 is 1. The van der Waals surface area contributed by atoms with Crippen LogP contribution in [0.3, 0.4) is 0 Å². The molecule has 3 rings (SSSR count). The molecule has 192 valence electrons.